The minimum Gasteiger partial charge on any atom is -0.481 e. The van der Waals surface area contributed by atoms with Crippen LogP contribution in [0.1, 0.15) is 12.8 Å². The van der Waals surface area contributed by atoms with Crippen LogP contribution >= 0.6 is 11.8 Å². The number of thioether (sulfide) groups is 1. The minimum atomic E-state index is -0.919. The van der Waals surface area contributed by atoms with Crippen LogP contribution in [-0.4, -0.2) is 42.0 Å². The Morgan fingerprint density at radius 2 is 2.05 bits per heavy atom. The highest BCUT2D eigenvalue weighted by atomic mass is 32.2. The molecular formula is C15H19NO4S. The molecule has 1 fully saturated rings. The molecule has 1 aliphatic heterocycles. The van der Waals surface area contributed by atoms with Gasteiger partial charge in [-0.2, -0.15) is 0 Å². The van der Waals surface area contributed by atoms with Gasteiger partial charge in [0.05, 0.1) is 19.3 Å². The van der Waals surface area contributed by atoms with Crippen molar-refractivity contribution in [3.05, 3.63) is 30.3 Å². The molecule has 1 aromatic carbocycles. The number of carbonyl (C=O) groups is 2. The first-order chi connectivity index (χ1) is 10.2. The molecular weight excluding hydrogens is 290 g/mol. The van der Waals surface area contributed by atoms with E-state index < -0.39 is 17.9 Å². The molecule has 114 valence electrons. The maximum Gasteiger partial charge on any atom is 0.311 e. The van der Waals surface area contributed by atoms with Crippen LogP contribution < -0.4 is 5.32 Å². The third-order valence-electron chi connectivity index (χ3n) is 3.30. The molecule has 0 spiro atoms. The number of hydrogen-bond donors (Lipinski definition) is 2. The van der Waals surface area contributed by atoms with Gasteiger partial charge in [-0.1, -0.05) is 18.2 Å². The number of amides is 1. The fourth-order valence-corrected chi connectivity index (χ4v) is 3.03. The van der Waals surface area contributed by atoms with Crippen LogP contribution in [0.4, 0.5) is 0 Å². The van der Waals surface area contributed by atoms with Crippen LogP contribution in [0.3, 0.4) is 0 Å². The zero-order valence-electron chi connectivity index (χ0n) is 11.7. The Hall–Kier alpha value is -1.53. The first-order valence-electron chi connectivity index (χ1n) is 6.94. The zero-order chi connectivity index (χ0) is 15.1. The number of carboxylic acids is 1. The molecule has 0 aromatic heterocycles. The Morgan fingerprint density at radius 3 is 2.76 bits per heavy atom. The fourth-order valence-electron chi connectivity index (χ4n) is 2.16. The van der Waals surface area contributed by atoms with Gasteiger partial charge in [-0.3, -0.25) is 9.59 Å². The van der Waals surface area contributed by atoms with Crippen molar-refractivity contribution in [2.45, 2.75) is 23.8 Å². The van der Waals surface area contributed by atoms with Gasteiger partial charge in [0.1, 0.15) is 5.92 Å². The average Bonchev–Trinajstić information content (AvgIpc) is 2.93. The molecule has 0 bridgehead atoms. The van der Waals surface area contributed by atoms with Crippen molar-refractivity contribution in [3.8, 4) is 0 Å². The van der Waals surface area contributed by atoms with Gasteiger partial charge in [0.2, 0.25) is 5.91 Å². The van der Waals surface area contributed by atoms with E-state index >= 15 is 0 Å². The number of carbonyl (C=O) groups excluding carboxylic acids is 1. The normalized spacial score (nSPS) is 21.1. The number of benzene rings is 1. The van der Waals surface area contributed by atoms with E-state index in [1.54, 1.807) is 11.8 Å². The van der Waals surface area contributed by atoms with E-state index in [0.29, 0.717) is 6.42 Å². The molecule has 5 nitrogen and oxygen atoms in total. The highest BCUT2D eigenvalue weighted by Crippen LogP contribution is 2.18. The van der Waals surface area contributed by atoms with Crippen molar-refractivity contribution in [2.75, 3.05) is 19.0 Å². The van der Waals surface area contributed by atoms with Crippen LogP contribution in [0.15, 0.2) is 35.2 Å². The largest absolute Gasteiger partial charge is 0.481 e. The Labute approximate surface area is 128 Å². The first-order valence-corrected chi connectivity index (χ1v) is 7.93. The summed E-state index contributed by atoms with van der Waals surface area (Å²) in [6.07, 6.45) is 1.17. The van der Waals surface area contributed by atoms with Crippen molar-refractivity contribution in [1.82, 2.24) is 5.32 Å². The molecule has 1 amide bonds. The third kappa shape index (κ3) is 5.06. The van der Waals surface area contributed by atoms with E-state index in [1.165, 1.54) is 4.90 Å². The monoisotopic (exact) mass is 309 g/mol. The number of nitrogens with one attached hydrogen (secondary N) is 1. The van der Waals surface area contributed by atoms with E-state index in [-0.39, 0.29) is 19.1 Å². The highest BCUT2D eigenvalue weighted by molar-refractivity contribution is 7.99. The van der Waals surface area contributed by atoms with Gasteiger partial charge in [-0.25, -0.2) is 0 Å². The standard InChI is InChI=1S/C15H19NO4S/c17-14(16-13-10-20-9-12(13)15(18)19)7-4-8-21-11-5-2-1-3-6-11/h1-3,5-6,12-13H,4,7-10H2,(H,16,17)(H,18,19). The summed E-state index contributed by atoms with van der Waals surface area (Å²) in [4.78, 5) is 24.0. The SMILES string of the molecule is O=C(CCCSc1ccccc1)NC1COCC1C(=O)O. The quantitative estimate of drug-likeness (QED) is 0.593. The maximum atomic E-state index is 11.8. The lowest BCUT2D eigenvalue weighted by molar-refractivity contribution is -0.142. The second-order valence-corrected chi connectivity index (χ2v) is 6.09. The summed E-state index contributed by atoms with van der Waals surface area (Å²) < 4.78 is 5.12. The Balaban J connectivity index is 1.65. The summed E-state index contributed by atoms with van der Waals surface area (Å²) >= 11 is 1.71. The van der Waals surface area contributed by atoms with Crippen LogP contribution in [0.25, 0.3) is 0 Å². The van der Waals surface area contributed by atoms with E-state index in [9.17, 15) is 9.59 Å². The van der Waals surface area contributed by atoms with Crippen LogP contribution in [0.2, 0.25) is 0 Å². The average molecular weight is 309 g/mol. The molecule has 2 atom stereocenters. The van der Waals surface area contributed by atoms with E-state index in [4.69, 9.17) is 9.84 Å². The van der Waals surface area contributed by atoms with Crippen LogP contribution in [0, 0.1) is 5.92 Å². The molecule has 2 unspecified atom stereocenters. The number of hydrogen-bond acceptors (Lipinski definition) is 4. The van der Waals surface area contributed by atoms with Gasteiger partial charge in [0.15, 0.2) is 0 Å². The summed E-state index contributed by atoms with van der Waals surface area (Å²) in [6, 6.07) is 9.62. The summed E-state index contributed by atoms with van der Waals surface area (Å²) in [7, 11) is 0. The summed E-state index contributed by atoms with van der Waals surface area (Å²) in [5.74, 6) is -0.795. The Morgan fingerprint density at radius 1 is 1.29 bits per heavy atom. The molecule has 1 aromatic rings. The smallest absolute Gasteiger partial charge is 0.311 e. The summed E-state index contributed by atoms with van der Waals surface area (Å²) in [5, 5.41) is 11.8. The van der Waals surface area contributed by atoms with Crippen molar-refractivity contribution < 1.29 is 19.4 Å². The molecule has 0 radical (unpaired) electrons. The number of ether oxygens (including phenoxy) is 1. The minimum absolute atomic E-state index is 0.106. The maximum absolute atomic E-state index is 11.8. The fraction of sp³-hybridized carbons (Fsp3) is 0.467. The van der Waals surface area contributed by atoms with Gasteiger partial charge >= 0.3 is 5.97 Å². The number of rotatable bonds is 7. The topological polar surface area (TPSA) is 75.6 Å². The van der Waals surface area contributed by atoms with E-state index in [2.05, 4.69) is 5.32 Å². The van der Waals surface area contributed by atoms with Gasteiger partial charge in [-0.15, -0.1) is 11.8 Å². The van der Waals surface area contributed by atoms with Gasteiger partial charge < -0.3 is 15.2 Å². The van der Waals surface area contributed by atoms with Crippen molar-refractivity contribution in [1.29, 1.82) is 0 Å². The summed E-state index contributed by atoms with van der Waals surface area (Å²) in [6.45, 7) is 0.450. The Kier molecular flexibility index (Phi) is 6.07. The molecule has 1 saturated heterocycles. The van der Waals surface area contributed by atoms with Crippen LogP contribution in [0.5, 0.6) is 0 Å². The second kappa shape index (κ2) is 8.05. The molecule has 1 heterocycles. The highest BCUT2D eigenvalue weighted by Gasteiger charge is 2.34. The van der Waals surface area contributed by atoms with Gasteiger partial charge in [0.25, 0.3) is 0 Å². The third-order valence-corrected chi connectivity index (χ3v) is 4.40. The summed E-state index contributed by atoms with van der Waals surface area (Å²) in [5.41, 5.74) is 0. The predicted molar refractivity (Wildman–Crippen MR) is 80.3 cm³/mol. The lowest BCUT2D eigenvalue weighted by atomic mass is 10.0. The molecule has 0 aliphatic carbocycles. The Bertz CT molecular complexity index is 480. The lowest BCUT2D eigenvalue weighted by Crippen LogP contribution is -2.42. The first kappa shape index (κ1) is 15.9. The predicted octanol–water partition coefficient (Wildman–Crippen LogP) is 1.77. The molecule has 6 heteroatoms. The van der Waals surface area contributed by atoms with Gasteiger partial charge in [0, 0.05) is 11.3 Å². The second-order valence-electron chi connectivity index (χ2n) is 4.92. The molecule has 2 rings (SSSR count). The molecule has 0 saturated carbocycles. The lowest BCUT2D eigenvalue weighted by Gasteiger charge is -2.15. The van der Waals surface area contributed by atoms with Gasteiger partial charge in [-0.05, 0) is 24.3 Å². The van der Waals surface area contributed by atoms with Crippen LogP contribution in [-0.2, 0) is 14.3 Å². The molecule has 1 aliphatic rings. The number of aliphatic carboxylic acids is 1. The number of carboxylic acid groups (broad SMARTS) is 1. The van der Waals surface area contributed by atoms with Crippen molar-refractivity contribution in [3.63, 3.8) is 0 Å². The molecule has 2 N–H and O–H groups in total. The molecule has 21 heavy (non-hydrogen) atoms. The van der Waals surface area contributed by atoms with Crippen molar-refractivity contribution >= 4 is 23.6 Å². The van der Waals surface area contributed by atoms with E-state index in [1.807, 2.05) is 30.3 Å². The zero-order valence-corrected chi connectivity index (χ0v) is 12.5. The van der Waals surface area contributed by atoms with E-state index in [0.717, 1.165) is 12.2 Å². The van der Waals surface area contributed by atoms with Crippen molar-refractivity contribution in [2.24, 2.45) is 5.92 Å².